The van der Waals surface area contributed by atoms with E-state index < -0.39 is 17.4 Å². The molecule has 2 aliphatic rings. The number of nitrogens with zero attached hydrogens (tertiary/aromatic N) is 6. The van der Waals surface area contributed by atoms with Gasteiger partial charge < -0.3 is 19.8 Å². The molecule has 1 N–H and O–H groups in total. The number of phenols is 1. The summed E-state index contributed by atoms with van der Waals surface area (Å²) in [6.07, 6.45) is 2.89. The predicted octanol–water partition coefficient (Wildman–Crippen LogP) is 5.06. The van der Waals surface area contributed by atoms with E-state index >= 15 is 4.39 Å². The first kappa shape index (κ1) is 30.1. The van der Waals surface area contributed by atoms with Gasteiger partial charge in [0.05, 0.1) is 23.6 Å². The van der Waals surface area contributed by atoms with Gasteiger partial charge in [-0.05, 0) is 59.5 Å². The molecule has 0 spiro atoms. The van der Waals surface area contributed by atoms with Crippen LogP contribution in [-0.4, -0.2) is 69.1 Å². The summed E-state index contributed by atoms with van der Waals surface area (Å²) in [5, 5.41) is 12.3. The summed E-state index contributed by atoms with van der Waals surface area (Å²) < 4.78 is 18.0. The van der Waals surface area contributed by atoms with E-state index in [4.69, 9.17) is 4.98 Å². The monoisotopic (exact) mass is 632 g/mol. The minimum Gasteiger partial charge on any atom is -0.508 e. The molecule has 0 radical (unpaired) electrons. The summed E-state index contributed by atoms with van der Waals surface area (Å²) in [7, 11) is 1.53. The third kappa shape index (κ3) is 4.56. The van der Waals surface area contributed by atoms with Crippen molar-refractivity contribution >= 4 is 45.0 Å². The SMILES string of the molecule is C=CC(=O)N1CCN2c3c(c(=O)n(-c4c(C)ccnc4C(C)C)c4nc(-c5cc(O)cc6ccccc56)c(F)cc34)N(C)C(=O)[C@H]2C1. The van der Waals surface area contributed by atoms with Crippen molar-refractivity contribution in [1.82, 2.24) is 19.4 Å². The smallest absolute Gasteiger partial charge is 0.283 e. The van der Waals surface area contributed by atoms with Crippen molar-refractivity contribution in [3.63, 3.8) is 0 Å². The fraction of sp³-hybridized carbons (Fsp3) is 0.250. The second-order valence-electron chi connectivity index (χ2n) is 12.4. The largest absolute Gasteiger partial charge is 0.508 e. The van der Waals surface area contributed by atoms with Crippen LogP contribution in [0.1, 0.15) is 31.0 Å². The number of carbonyl (C=O) groups excluding carboxylic acids is 2. The first-order valence-electron chi connectivity index (χ1n) is 15.4. The van der Waals surface area contributed by atoms with Crippen molar-refractivity contribution < 1.29 is 19.1 Å². The van der Waals surface area contributed by atoms with Crippen LogP contribution in [0.3, 0.4) is 0 Å². The zero-order chi connectivity index (χ0) is 33.3. The Balaban J connectivity index is 1.61. The Hall–Kier alpha value is -5.58. The predicted molar refractivity (Wildman–Crippen MR) is 180 cm³/mol. The fourth-order valence-corrected chi connectivity index (χ4v) is 6.94. The van der Waals surface area contributed by atoms with Crippen LogP contribution in [-0.2, 0) is 9.59 Å². The summed E-state index contributed by atoms with van der Waals surface area (Å²) in [6, 6.07) is 12.7. The number of likely N-dealkylation sites (N-methyl/N-ethyl adjacent to an activating group) is 1. The Morgan fingerprint density at radius 1 is 1.06 bits per heavy atom. The normalized spacial score (nSPS) is 16.2. The van der Waals surface area contributed by atoms with Crippen molar-refractivity contribution in [2.24, 2.45) is 0 Å². The van der Waals surface area contributed by atoms with Gasteiger partial charge in [0.25, 0.3) is 11.5 Å². The van der Waals surface area contributed by atoms with Gasteiger partial charge in [-0.3, -0.25) is 23.9 Å². The Morgan fingerprint density at radius 3 is 2.57 bits per heavy atom. The van der Waals surface area contributed by atoms with Crippen molar-refractivity contribution in [2.45, 2.75) is 32.7 Å². The Morgan fingerprint density at radius 2 is 1.83 bits per heavy atom. The van der Waals surface area contributed by atoms with Gasteiger partial charge in [-0.1, -0.05) is 44.7 Å². The van der Waals surface area contributed by atoms with Crippen molar-refractivity contribution in [2.75, 3.05) is 36.5 Å². The third-order valence-electron chi connectivity index (χ3n) is 9.18. The molecule has 1 saturated heterocycles. The second-order valence-corrected chi connectivity index (χ2v) is 12.4. The van der Waals surface area contributed by atoms with Gasteiger partial charge in [0.15, 0.2) is 5.65 Å². The van der Waals surface area contributed by atoms with Gasteiger partial charge in [0.1, 0.15) is 29.0 Å². The van der Waals surface area contributed by atoms with E-state index in [1.165, 1.54) is 34.7 Å². The topological polar surface area (TPSA) is 112 Å². The number of fused-ring (bicyclic) bond motifs is 6. The van der Waals surface area contributed by atoms with Crippen LogP contribution in [0.2, 0.25) is 0 Å². The molecule has 5 aromatic rings. The number of benzene rings is 2. The maximum Gasteiger partial charge on any atom is 0.283 e. The Kier molecular flexibility index (Phi) is 7.07. The van der Waals surface area contributed by atoms with Crippen LogP contribution in [0.15, 0.2) is 72.2 Å². The lowest BCUT2D eigenvalue weighted by atomic mass is 9.98. The molecule has 0 aliphatic carbocycles. The Labute approximate surface area is 270 Å². The molecule has 2 amide bonds. The number of rotatable bonds is 4. The number of carbonyl (C=O) groups is 2. The number of pyridine rings is 3. The summed E-state index contributed by atoms with van der Waals surface area (Å²) in [5.41, 5.74) is 2.38. The lowest BCUT2D eigenvalue weighted by Gasteiger charge is -2.47. The van der Waals surface area contributed by atoms with Crippen LogP contribution in [0.5, 0.6) is 5.75 Å². The lowest BCUT2D eigenvalue weighted by molar-refractivity contribution is -0.128. The molecule has 5 heterocycles. The van der Waals surface area contributed by atoms with Gasteiger partial charge in [-0.2, -0.15) is 0 Å². The fourth-order valence-electron chi connectivity index (χ4n) is 6.94. The van der Waals surface area contributed by atoms with Crippen LogP contribution in [0.4, 0.5) is 15.8 Å². The van der Waals surface area contributed by atoms with E-state index in [9.17, 15) is 19.5 Å². The number of aromatic nitrogens is 3. The van der Waals surface area contributed by atoms with Crippen molar-refractivity contribution in [3.05, 3.63) is 94.8 Å². The molecule has 238 valence electrons. The summed E-state index contributed by atoms with van der Waals surface area (Å²) in [6.45, 7) is 9.99. The average molecular weight is 633 g/mol. The molecule has 0 bridgehead atoms. The molecular formula is C36H33FN6O4. The number of hydrogen-bond donors (Lipinski definition) is 1. The highest BCUT2D eigenvalue weighted by atomic mass is 19.1. The van der Waals surface area contributed by atoms with Crippen molar-refractivity contribution in [3.8, 4) is 22.7 Å². The third-order valence-corrected chi connectivity index (χ3v) is 9.18. The molecule has 2 aliphatic heterocycles. The Bertz CT molecular complexity index is 2230. The number of aromatic hydroxyl groups is 1. The number of phenolic OH excluding ortho intramolecular Hbond substituents is 1. The molecule has 10 nitrogen and oxygen atoms in total. The molecule has 1 atom stereocenters. The van der Waals surface area contributed by atoms with E-state index in [0.717, 1.165) is 5.56 Å². The van der Waals surface area contributed by atoms with E-state index in [1.807, 2.05) is 45.0 Å². The molecule has 11 heteroatoms. The van der Waals surface area contributed by atoms with Crippen LogP contribution in [0.25, 0.3) is 38.8 Å². The maximum absolute atomic E-state index is 16.6. The van der Waals surface area contributed by atoms with Gasteiger partial charge in [-0.25, -0.2) is 9.37 Å². The van der Waals surface area contributed by atoms with Crippen LogP contribution in [0, 0.1) is 12.7 Å². The highest BCUT2D eigenvalue weighted by Crippen LogP contribution is 2.43. The standard InChI is InChI=1S/C36H33FN6O4/c1-6-28(45)41-13-14-42-27(18-41)35(46)40(5)33-32(42)25-17-26(37)30(24-16-22(44)15-21-9-7-8-10-23(21)24)39-34(25)43(36(33)47)31-20(4)11-12-38-29(31)19(2)3/h6-12,15-17,19,27,44H,1,13-14,18H2,2-5H3/t27-/m1/s1. The summed E-state index contributed by atoms with van der Waals surface area (Å²) >= 11 is 0. The quantitative estimate of drug-likeness (QED) is 0.276. The zero-order valence-electron chi connectivity index (χ0n) is 26.5. The minimum atomic E-state index is -0.798. The molecular weight excluding hydrogens is 599 g/mol. The summed E-state index contributed by atoms with van der Waals surface area (Å²) in [4.78, 5) is 55.4. The number of hydrogen-bond acceptors (Lipinski definition) is 7. The van der Waals surface area contributed by atoms with Gasteiger partial charge in [0, 0.05) is 37.3 Å². The molecule has 3 aromatic heterocycles. The van der Waals surface area contributed by atoms with Gasteiger partial charge in [-0.15, -0.1) is 0 Å². The molecule has 47 heavy (non-hydrogen) atoms. The van der Waals surface area contributed by atoms with Crippen molar-refractivity contribution in [1.29, 1.82) is 0 Å². The molecule has 0 saturated carbocycles. The number of halogens is 1. The average Bonchev–Trinajstić information content (AvgIpc) is 3.06. The van der Waals surface area contributed by atoms with Crippen LogP contribution >= 0.6 is 0 Å². The highest BCUT2D eigenvalue weighted by Gasteiger charge is 2.44. The van der Waals surface area contributed by atoms with E-state index in [1.54, 1.807) is 28.1 Å². The number of anilines is 2. The molecule has 1 fully saturated rings. The minimum absolute atomic E-state index is 0.0384. The van der Waals surface area contributed by atoms with Gasteiger partial charge >= 0.3 is 0 Å². The lowest BCUT2D eigenvalue weighted by Crippen LogP contribution is -2.63. The maximum atomic E-state index is 16.6. The molecule has 0 unspecified atom stereocenters. The molecule has 7 rings (SSSR count). The number of aryl methyl sites for hydroxylation is 1. The van der Waals surface area contributed by atoms with E-state index in [-0.39, 0.29) is 60.1 Å². The molecule has 2 aromatic carbocycles. The van der Waals surface area contributed by atoms with E-state index in [2.05, 4.69) is 11.6 Å². The van der Waals surface area contributed by atoms with E-state index in [0.29, 0.717) is 38.8 Å². The first-order chi connectivity index (χ1) is 22.5. The van der Waals surface area contributed by atoms with Crippen LogP contribution < -0.4 is 15.4 Å². The summed E-state index contributed by atoms with van der Waals surface area (Å²) in [5.74, 6) is -1.45. The second kappa shape index (κ2) is 11.0. The first-order valence-corrected chi connectivity index (χ1v) is 15.4. The number of piperazine rings is 1. The highest BCUT2D eigenvalue weighted by molar-refractivity contribution is 6.12. The van der Waals surface area contributed by atoms with Gasteiger partial charge in [0.2, 0.25) is 5.91 Å². The zero-order valence-corrected chi connectivity index (χ0v) is 26.5. The number of amides is 2.